The zero-order valence-corrected chi connectivity index (χ0v) is 6.07. The Hall–Kier alpha value is -0.760. The Balaban J connectivity index is 2.84. The summed E-state index contributed by atoms with van der Waals surface area (Å²) < 4.78 is 12.6. The molecule has 1 radical (unpaired) electrons. The van der Waals surface area contributed by atoms with Crippen LogP contribution in [0.25, 0.3) is 0 Å². The van der Waals surface area contributed by atoms with Crippen LogP contribution in [-0.4, -0.2) is 5.37 Å². The third kappa shape index (κ3) is 1.61. The summed E-state index contributed by atoms with van der Waals surface area (Å²) in [6.07, 6.45) is -1.23. The minimum absolute atomic E-state index is 0.567. The van der Waals surface area contributed by atoms with Gasteiger partial charge in [-0.05, 0) is 5.56 Å². The fourth-order valence-electron chi connectivity index (χ4n) is 0.690. The molecular weight excluding hydrogens is 147 g/mol. The molecule has 1 unspecified atom stereocenters. The first-order chi connectivity index (χ1) is 4.84. The van der Waals surface area contributed by atoms with Gasteiger partial charge in [-0.25, -0.2) is 4.39 Å². The fraction of sp³-hybridized carbons (Fsp3) is 0.125. The van der Waals surface area contributed by atoms with Gasteiger partial charge in [-0.1, -0.05) is 42.5 Å². The second-order valence-electron chi connectivity index (χ2n) is 1.89. The molecule has 0 aromatic heterocycles. The largest absolute Gasteiger partial charge is 0.236 e. The molecule has 0 aliphatic heterocycles. The third-order valence-corrected chi connectivity index (χ3v) is 1.40. The van der Waals surface area contributed by atoms with Crippen LogP contribution in [0.1, 0.15) is 11.7 Å². The summed E-state index contributed by atoms with van der Waals surface area (Å²) in [5.41, 5.74) is 0.567. The molecule has 0 aliphatic rings. The fourth-order valence-corrected chi connectivity index (χ4v) is 0.826. The molecule has 0 spiro atoms. The second-order valence-corrected chi connectivity index (χ2v) is 2.13. The lowest BCUT2D eigenvalue weighted by atomic mass is 10.1. The van der Waals surface area contributed by atoms with Gasteiger partial charge >= 0.3 is 0 Å². The van der Waals surface area contributed by atoms with Crippen LogP contribution in [0.5, 0.6) is 0 Å². The Bertz CT molecular complexity index is 208. The van der Waals surface area contributed by atoms with E-state index in [2.05, 4.69) is 17.6 Å². The minimum Gasteiger partial charge on any atom is -0.236 e. The first kappa shape index (κ1) is 7.35. The van der Waals surface area contributed by atoms with Gasteiger partial charge in [0.1, 0.15) is 0 Å². The molecule has 0 aliphatic carbocycles. The van der Waals surface area contributed by atoms with Gasteiger partial charge in [-0.15, -0.1) is 0 Å². The van der Waals surface area contributed by atoms with Crippen LogP contribution >= 0.6 is 12.2 Å². The zero-order chi connectivity index (χ0) is 7.40. The van der Waals surface area contributed by atoms with E-state index in [0.29, 0.717) is 5.56 Å². The molecule has 10 heavy (non-hydrogen) atoms. The smallest absolute Gasteiger partial charge is 0.161 e. The van der Waals surface area contributed by atoms with Gasteiger partial charge in [0.15, 0.2) is 6.17 Å². The van der Waals surface area contributed by atoms with Crippen LogP contribution in [-0.2, 0) is 0 Å². The van der Waals surface area contributed by atoms with Crippen LogP contribution in [0, 0.1) is 0 Å². The predicted molar refractivity (Wildman–Crippen MR) is 42.9 cm³/mol. The number of benzene rings is 1. The zero-order valence-electron chi connectivity index (χ0n) is 5.25. The summed E-state index contributed by atoms with van der Waals surface area (Å²) in [4.78, 5) is 0. The van der Waals surface area contributed by atoms with Crippen LogP contribution in [0.4, 0.5) is 4.39 Å². The van der Waals surface area contributed by atoms with Crippen molar-refractivity contribution in [1.82, 2.24) is 0 Å². The number of thiocarbonyl (C=S) groups is 1. The van der Waals surface area contributed by atoms with Crippen molar-refractivity contribution in [2.45, 2.75) is 6.17 Å². The van der Waals surface area contributed by atoms with E-state index in [1.807, 2.05) is 6.07 Å². The average molecular weight is 153 g/mol. The third-order valence-electron chi connectivity index (χ3n) is 1.20. The van der Waals surface area contributed by atoms with Crippen molar-refractivity contribution >= 4 is 17.6 Å². The van der Waals surface area contributed by atoms with Gasteiger partial charge in [-0.2, -0.15) is 0 Å². The summed E-state index contributed by atoms with van der Waals surface area (Å²) in [6.45, 7) is 0. The summed E-state index contributed by atoms with van der Waals surface area (Å²) in [5.74, 6) is 0. The molecule has 51 valence electrons. The van der Waals surface area contributed by atoms with Gasteiger partial charge in [-0.3, -0.25) is 0 Å². The topological polar surface area (TPSA) is 0 Å². The van der Waals surface area contributed by atoms with Crippen molar-refractivity contribution < 1.29 is 4.39 Å². The quantitative estimate of drug-likeness (QED) is 0.588. The van der Waals surface area contributed by atoms with Crippen molar-refractivity contribution in [2.75, 3.05) is 0 Å². The molecule has 1 rings (SSSR count). The molecule has 0 N–H and O–H groups in total. The van der Waals surface area contributed by atoms with E-state index in [4.69, 9.17) is 0 Å². The highest BCUT2D eigenvalue weighted by atomic mass is 32.1. The number of hydrogen-bond acceptors (Lipinski definition) is 1. The van der Waals surface area contributed by atoms with Crippen molar-refractivity contribution in [3.05, 3.63) is 35.9 Å². The maximum atomic E-state index is 12.6. The van der Waals surface area contributed by atoms with E-state index in [9.17, 15) is 4.39 Å². The van der Waals surface area contributed by atoms with E-state index in [1.165, 1.54) is 0 Å². The number of rotatable bonds is 2. The number of alkyl halides is 1. The first-order valence-electron chi connectivity index (χ1n) is 2.91. The number of halogens is 1. The lowest BCUT2D eigenvalue weighted by molar-refractivity contribution is 0.450. The molecule has 0 amide bonds. The van der Waals surface area contributed by atoms with E-state index < -0.39 is 6.17 Å². The Morgan fingerprint density at radius 1 is 1.30 bits per heavy atom. The van der Waals surface area contributed by atoms with Gasteiger partial charge in [0, 0.05) is 0 Å². The molecule has 0 nitrogen and oxygen atoms in total. The standard InChI is InChI=1S/C8H6FS/c9-8(6-10)7-4-2-1-3-5-7/h1-5,8H. The minimum atomic E-state index is -1.23. The Labute approximate surface area is 64.7 Å². The van der Waals surface area contributed by atoms with Gasteiger partial charge in [0.2, 0.25) is 0 Å². The Morgan fingerprint density at radius 2 is 1.90 bits per heavy atom. The molecule has 0 saturated carbocycles. The SMILES string of the molecule is FC([C]=S)c1ccccc1. The highest BCUT2D eigenvalue weighted by molar-refractivity contribution is 7.79. The lowest BCUT2D eigenvalue weighted by Gasteiger charge is -1.98. The van der Waals surface area contributed by atoms with Crippen LogP contribution in [0.15, 0.2) is 30.3 Å². The molecule has 0 fully saturated rings. The molecular formula is C8H6FS. The molecule has 0 heterocycles. The molecule has 1 aromatic rings. The summed E-state index contributed by atoms with van der Waals surface area (Å²) in [5, 5.41) is 2.10. The van der Waals surface area contributed by atoms with Crippen molar-refractivity contribution in [2.24, 2.45) is 0 Å². The van der Waals surface area contributed by atoms with E-state index >= 15 is 0 Å². The normalized spacial score (nSPS) is 12.5. The molecule has 1 aromatic carbocycles. The van der Waals surface area contributed by atoms with Crippen LogP contribution in [0.2, 0.25) is 0 Å². The molecule has 2 heteroatoms. The maximum Gasteiger partial charge on any atom is 0.161 e. The maximum absolute atomic E-state index is 12.6. The monoisotopic (exact) mass is 153 g/mol. The van der Waals surface area contributed by atoms with Crippen molar-refractivity contribution in [3.63, 3.8) is 0 Å². The Kier molecular flexibility index (Phi) is 2.51. The first-order valence-corrected chi connectivity index (χ1v) is 3.32. The van der Waals surface area contributed by atoms with E-state index in [1.54, 1.807) is 24.3 Å². The predicted octanol–water partition coefficient (Wildman–Crippen LogP) is 2.57. The number of hydrogen-bond donors (Lipinski definition) is 0. The van der Waals surface area contributed by atoms with Gasteiger partial charge in [0.05, 0.1) is 5.37 Å². The molecule has 1 atom stereocenters. The Morgan fingerprint density at radius 3 is 2.40 bits per heavy atom. The average Bonchev–Trinajstić information content (AvgIpc) is 2.05. The van der Waals surface area contributed by atoms with Crippen LogP contribution in [0.3, 0.4) is 0 Å². The van der Waals surface area contributed by atoms with Gasteiger partial charge < -0.3 is 0 Å². The summed E-state index contributed by atoms with van der Waals surface area (Å²) in [6, 6.07) is 8.75. The van der Waals surface area contributed by atoms with Crippen molar-refractivity contribution in [1.29, 1.82) is 0 Å². The lowest BCUT2D eigenvalue weighted by Crippen LogP contribution is -1.88. The second kappa shape index (κ2) is 3.42. The molecule has 0 bridgehead atoms. The van der Waals surface area contributed by atoms with Gasteiger partial charge in [0.25, 0.3) is 0 Å². The highest BCUT2D eigenvalue weighted by Gasteiger charge is 2.02. The highest BCUT2D eigenvalue weighted by Crippen LogP contribution is 2.13. The van der Waals surface area contributed by atoms with E-state index in [0.717, 1.165) is 0 Å². The summed E-state index contributed by atoms with van der Waals surface area (Å²) >= 11 is 4.33. The van der Waals surface area contributed by atoms with Crippen LogP contribution < -0.4 is 0 Å². The molecule has 0 saturated heterocycles. The van der Waals surface area contributed by atoms with E-state index in [-0.39, 0.29) is 0 Å². The van der Waals surface area contributed by atoms with Crippen molar-refractivity contribution in [3.8, 4) is 0 Å². The summed E-state index contributed by atoms with van der Waals surface area (Å²) in [7, 11) is 0.